The Kier molecular flexibility index (Phi) is 5.34. The largest absolute Gasteiger partial charge is 0.430 e. The number of hydrogen-bond donors (Lipinski definition) is 2. The Morgan fingerprint density at radius 3 is 1.00 bits per heavy atom. The lowest BCUT2D eigenvalue weighted by molar-refractivity contribution is -0.376. The van der Waals surface area contributed by atoms with Gasteiger partial charge in [-0.2, -0.15) is 52.7 Å². The van der Waals surface area contributed by atoms with Gasteiger partial charge in [-0.1, -0.05) is 36.4 Å². The van der Waals surface area contributed by atoms with E-state index in [1.807, 2.05) is 0 Å². The number of halogens is 12. The quantitative estimate of drug-likeness (QED) is 0.434. The highest BCUT2D eigenvalue weighted by Crippen LogP contribution is 2.53. The summed E-state index contributed by atoms with van der Waals surface area (Å²) in [5.74, 6) is 0. The predicted molar refractivity (Wildman–Crippen MR) is 86.7 cm³/mol. The summed E-state index contributed by atoms with van der Waals surface area (Å²) in [4.78, 5) is 0. The van der Waals surface area contributed by atoms with Crippen LogP contribution in [0, 0.1) is 0 Å². The van der Waals surface area contributed by atoms with Gasteiger partial charge in [-0.05, 0) is 28.7 Å². The number of alkyl halides is 12. The van der Waals surface area contributed by atoms with Crippen molar-refractivity contribution in [3.05, 3.63) is 58.7 Å². The fourth-order valence-corrected chi connectivity index (χ4v) is 3.64. The molecule has 182 valence electrons. The molecule has 2 N–H and O–H groups in total. The van der Waals surface area contributed by atoms with Gasteiger partial charge in [-0.25, -0.2) is 0 Å². The van der Waals surface area contributed by atoms with Gasteiger partial charge in [0.2, 0.25) is 0 Å². The molecule has 0 bridgehead atoms. The molecule has 0 unspecified atom stereocenters. The first-order chi connectivity index (χ1) is 14.7. The second-order valence-corrected chi connectivity index (χ2v) is 7.33. The Balaban J connectivity index is 2.12. The van der Waals surface area contributed by atoms with Crippen molar-refractivity contribution in [3.8, 4) is 11.1 Å². The maximum atomic E-state index is 13.1. The predicted octanol–water partition coefficient (Wildman–Crippen LogP) is 5.88. The second-order valence-electron chi connectivity index (χ2n) is 7.33. The van der Waals surface area contributed by atoms with Crippen molar-refractivity contribution in [2.75, 3.05) is 0 Å². The van der Waals surface area contributed by atoms with Crippen LogP contribution in [0.5, 0.6) is 0 Å². The lowest BCUT2D eigenvalue weighted by Gasteiger charge is -2.33. The molecule has 0 saturated heterocycles. The Bertz CT molecular complexity index is 963. The van der Waals surface area contributed by atoms with Gasteiger partial charge in [-0.3, -0.25) is 0 Å². The molecule has 0 aromatic heterocycles. The molecule has 1 aliphatic rings. The highest BCUT2D eigenvalue weighted by Gasteiger charge is 2.72. The molecule has 0 saturated carbocycles. The molecule has 0 atom stereocenters. The minimum Gasteiger partial charge on any atom is -0.369 e. The third kappa shape index (κ3) is 3.54. The summed E-state index contributed by atoms with van der Waals surface area (Å²) in [6.07, 6.45) is -25.4. The summed E-state index contributed by atoms with van der Waals surface area (Å²) in [6.45, 7) is 0. The third-order valence-electron chi connectivity index (χ3n) is 5.36. The van der Waals surface area contributed by atoms with Crippen molar-refractivity contribution in [1.29, 1.82) is 0 Å². The van der Waals surface area contributed by atoms with E-state index in [0.29, 0.717) is 24.3 Å². The van der Waals surface area contributed by atoms with Crippen LogP contribution < -0.4 is 0 Å². The van der Waals surface area contributed by atoms with E-state index in [-0.39, 0.29) is 22.3 Å². The Labute approximate surface area is 176 Å². The van der Waals surface area contributed by atoms with Crippen LogP contribution in [0.1, 0.15) is 22.3 Å². The van der Waals surface area contributed by atoms with E-state index in [1.54, 1.807) is 0 Å². The molecule has 0 fully saturated rings. The average Bonchev–Trinajstić information content (AvgIpc) is 2.99. The molecule has 0 heterocycles. The zero-order valence-corrected chi connectivity index (χ0v) is 15.6. The van der Waals surface area contributed by atoms with Crippen molar-refractivity contribution in [2.45, 2.75) is 42.3 Å². The summed E-state index contributed by atoms with van der Waals surface area (Å²) in [7, 11) is 0. The number of hydrogen-bond acceptors (Lipinski definition) is 2. The van der Waals surface area contributed by atoms with Gasteiger partial charge in [0.25, 0.3) is 11.2 Å². The standard InChI is InChI=1S/C19H10F12O2/c20-16(21,22)14(32,17(23,24)25)10-1-3-12-8(6-10)5-9-7-11(2-4-13(9)12)15(33,18(26,27)28)19(29,30)31/h1-4,6-7,32-33H,5H2. The topological polar surface area (TPSA) is 40.5 Å². The molecule has 0 aliphatic heterocycles. The van der Waals surface area contributed by atoms with Gasteiger partial charge < -0.3 is 10.2 Å². The van der Waals surface area contributed by atoms with Crippen LogP contribution in [0.2, 0.25) is 0 Å². The zero-order chi connectivity index (χ0) is 25.4. The maximum absolute atomic E-state index is 13.1. The fourth-order valence-electron chi connectivity index (χ4n) is 3.64. The number of aliphatic hydroxyl groups is 2. The molecule has 14 heteroatoms. The van der Waals surface area contributed by atoms with Gasteiger partial charge in [-0.15, -0.1) is 0 Å². The molecule has 0 amide bonds. The van der Waals surface area contributed by atoms with E-state index in [9.17, 15) is 62.9 Å². The first-order valence-corrected chi connectivity index (χ1v) is 8.65. The molecule has 33 heavy (non-hydrogen) atoms. The fraction of sp³-hybridized carbons (Fsp3) is 0.368. The molecule has 2 aromatic rings. The van der Waals surface area contributed by atoms with E-state index < -0.39 is 53.5 Å². The van der Waals surface area contributed by atoms with Crippen LogP contribution in [-0.2, 0) is 17.6 Å². The lowest BCUT2D eigenvalue weighted by atomic mass is 9.89. The monoisotopic (exact) mass is 498 g/mol. The van der Waals surface area contributed by atoms with Crippen LogP contribution in [0.3, 0.4) is 0 Å². The SMILES string of the molecule is OC(c1ccc2c(c1)Cc1cc(C(O)(C(F)(F)F)C(F)(F)F)ccc1-2)(C(F)(F)F)C(F)(F)F. The Hall–Kier alpha value is -2.48. The summed E-state index contributed by atoms with van der Waals surface area (Å²) >= 11 is 0. The van der Waals surface area contributed by atoms with Crippen LogP contribution in [0.15, 0.2) is 36.4 Å². The first-order valence-electron chi connectivity index (χ1n) is 8.65. The smallest absolute Gasteiger partial charge is 0.369 e. The molecule has 0 spiro atoms. The van der Waals surface area contributed by atoms with E-state index in [4.69, 9.17) is 0 Å². The van der Waals surface area contributed by atoms with Gasteiger partial charge in [0.1, 0.15) is 0 Å². The van der Waals surface area contributed by atoms with Crippen molar-refractivity contribution in [2.24, 2.45) is 0 Å². The van der Waals surface area contributed by atoms with Crippen molar-refractivity contribution in [3.63, 3.8) is 0 Å². The van der Waals surface area contributed by atoms with Gasteiger partial charge in [0.15, 0.2) is 0 Å². The van der Waals surface area contributed by atoms with Gasteiger partial charge in [0.05, 0.1) is 0 Å². The molecular weight excluding hydrogens is 488 g/mol. The maximum Gasteiger partial charge on any atom is 0.430 e. The van der Waals surface area contributed by atoms with Gasteiger partial charge >= 0.3 is 24.7 Å². The highest BCUT2D eigenvalue weighted by molar-refractivity contribution is 5.77. The van der Waals surface area contributed by atoms with Crippen LogP contribution >= 0.6 is 0 Å². The molecular formula is C19H10F12O2. The molecule has 2 nitrogen and oxygen atoms in total. The first kappa shape index (κ1) is 25.1. The second kappa shape index (κ2) is 7.01. The Morgan fingerprint density at radius 2 is 0.758 bits per heavy atom. The molecule has 2 aromatic carbocycles. The third-order valence-corrected chi connectivity index (χ3v) is 5.36. The number of fused-ring (bicyclic) bond motifs is 3. The van der Waals surface area contributed by atoms with Crippen LogP contribution in [0.4, 0.5) is 52.7 Å². The summed E-state index contributed by atoms with van der Waals surface area (Å²) in [5.41, 5.74) is -14.5. The van der Waals surface area contributed by atoms with Crippen LogP contribution in [0.25, 0.3) is 11.1 Å². The molecule has 0 radical (unpaired) electrons. The van der Waals surface area contributed by atoms with E-state index >= 15 is 0 Å². The number of benzene rings is 2. The minimum absolute atomic E-state index is 0.0606. The summed E-state index contributed by atoms with van der Waals surface area (Å²) < 4.78 is 157. The minimum atomic E-state index is -6.19. The molecule has 1 aliphatic carbocycles. The molecule has 3 rings (SSSR count). The normalized spacial score (nSPS) is 15.5. The zero-order valence-electron chi connectivity index (χ0n) is 15.6. The van der Waals surface area contributed by atoms with E-state index in [2.05, 4.69) is 0 Å². The van der Waals surface area contributed by atoms with E-state index in [0.717, 1.165) is 12.1 Å². The van der Waals surface area contributed by atoms with E-state index in [1.165, 1.54) is 0 Å². The van der Waals surface area contributed by atoms with Crippen molar-refractivity contribution < 1.29 is 62.9 Å². The average molecular weight is 498 g/mol. The summed E-state index contributed by atoms with van der Waals surface area (Å²) in [5, 5.41) is 19.0. The lowest BCUT2D eigenvalue weighted by Crippen LogP contribution is -2.53. The Morgan fingerprint density at radius 1 is 0.485 bits per heavy atom. The van der Waals surface area contributed by atoms with Gasteiger partial charge in [0, 0.05) is 11.1 Å². The van der Waals surface area contributed by atoms with Crippen LogP contribution in [-0.4, -0.2) is 34.9 Å². The van der Waals surface area contributed by atoms with Crippen molar-refractivity contribution in [1.82, 2.24) is 0 Å². The number of rotatable bonds is 2. The van der Waals surface area contributed by atoms with Crippen molar-refractivity contribution >= 4 is 0 Å². The summed E-state index contributed by atoms with van der Waals surface area (Å²) in [6, 6.07) is 2.75. The highest BCUT2D eigenvalue weighted by atomic mass is 19.4.